The van der Waals surface area contributed by atoms with E-state index in [-0.39, 0.29) is 12.1 Å². The van der Waals surface area contributed by atoms with Crippen molar-refractivity contribution in [3.05, 3.63) is 58.9 Å². The van der Waals surface area contributed by atoms with Crippen LogP contribution in [0.1, 0.15) is 30.3 Å². The van der Waals surface area contributed by atoms with Crippen molar-refractivity contribution in [3.8, 4) is 17.1 Å². The van der Waals surface area contributed by atoms with Gasteiger partial charge in [-0.25, -0.2) is 4.79 Å². The minimum Gasteiger partial charge on any atom is -0.497 e. The molecule has 1 N–H and O–H groups in total. The second-order valence-electron chi connectivity index (χ2n) is 6.93. The first-order valence-electron chi connectivity index (χ1n) is 9.37. The maximum atomic E-state index is 12.8. The minimum atomic E-state index is -0.254. The van der Waals surface area contributed by atoms with Gasteiger partial charge in [0, 0.05) is 22.8 Å². The Bertz CT molecular complexity index is 1020. The van der Waals surface area contributed by atoms with Gasteiger partial charge >= 0.3 is 6.03 Å². The van der Waals surface area contributed by atoms with E-state index in [0.717, 1.165) is 29.7 Å². The molecule has 1 aliphatic rings. The number of benzene rings is 2. The number of carbonyl (C=O) groups is 1. The van der Waals surface area contributed by atoms with E-state index in [2.05, 4.69) is 15.5 Å². The van der Waals surface area contributed by atoms with Gasteiger partial charge in [0.25, 0.3) is 0 Å². The van der Waals surface area contributed by atoms with Gasteiger partial charge < -0.3 is 19.5 Å². The number of likely N-dealkylation sites (tertiary alicyclic amines) is 1. The molecule has 8 heteroatoms. The zero-order chi connectivity index (χ0) is 20.4. The number of halogens is 1. The molecule has 0 aliphatic carbocycles. The first-order chi connectivity index (χ1) is 14.0. The summed E-state index contributed by atoms with van der Waals surface area (Å²) in [5.74, 6) is 1.68. The third-order valence-corrected chi connectivity index (χ3v) is 5.42. The van der Waals surface area contributed by atoms with Crippen molar-refractivity contribution in [3.63, 3.8) is 0 Å². The van der Waals surface area contributed by atoms with Crippen molar-refractivity contribution in [2.45, 2.75) is 25.8 Å². The molecule has 1 aromatic heterocycles. The number of anilines is 1. The molecule has 1 fully saturated rings. The standard InChI is InChI=1S/C21H21ClN4O3/c1-13-5-8-15(12-17(13)22)23-21(27)26-11-3-4-18(26)20-24-19(25-29-20)14-6-9-16(28-2)10-7-14/h5-10,12,18H,3-4,11H2,1-2H3,(H,23,27). The van der Waals surface area contributed by atoms with Crippen molar-refractivity contribution >= 4 is 23.3 Å². The number of amides is 2. The van der Waals surface area contributed by atoms with E-state index in [0.29, 0.717) is 29.0 Å². The fraction of sp³-hybridized carbons (Fsp3) is 0.286. The lowest BCUT2D eigenvalue weighted by atomic mass is 10.2. The highest BCUT2D eigenvalue weighted by atomic mass is 35.5. The van der Waals surface area contributed by atoms with Crippen molar-refractivity contribution in [2.75, 3.05) is 19.0 Å². The van der Waals surface area contributed by atoms with Crippen LogP contribution in [0.2, 0.25) is 5.02 Å². The third kappa shape index (κ3) is 4.05. The summed E-state index contributed by atoms with van der Waals surface area (Å²) in [6.07, 6.45) is 1.64. The van der Waals surface area contributed by atoms with Crippen molar-refractivity contribution in [1.29, 1.82) is 0 Å². The highest BCUT2D eigenvalue weighted by Crippen LogP contribution is 2.33. The number of urea groups is 1. The molecule has 1 aliphatic heterocycles. The van der Waals surface area contributed by atoms with Crippen LogP contribution in [0.4, 0.5) is 10.5 Å². The van der Waals surface area contributed by atoms with Gasteiger partial charge in [0.1, 0.15) is 11.8 Å². The summed E-state index contributed by atoms with van der Waals surface area (Å²) in [6, 6.07) is 12.4. The lowest BCUT2D eigenvalue weighted by Gasteiger charge is -2.22. The van der Waals surface area contributed by atoms with E-state index in [1.165, 1.54) is 0 Å². The number of nitrogens with zero attached hydrogens (tertiary/aromatic N) is 3. The van der Waals surface area contributed by atoms with Crippen LogP contribution in [-0.4, -0.2) is 34.7 Å². The third-order valence-electron chi connectivity index (χ3n) is 5.01. The highest BCUT2D eigenvalue weighted by Gasteiger charge is 2.34. The normalized spacial score (nSPS) is 16.1. The summed E-state index contributed by atoms with van der Waals surface area (Å²) in [6.45, 7) is 2.54. The molecule has 0 spiro atoms. The Labute approximate surface area is 173 Å². The van der Waals surface area contributed by atoms with Gasteiger partial charge in [-0.1, -0.05) is 22.8 Å². The van der Waals surface area contributed by atoms with Gasteiger partial charge in [0.05, 0.1) is 7.11 Å². The molecule has 0 radical (unpaired) electrons. The molecular formula is C21H21ClN4O3. The molecule has 1 saturated heterocycles. The summed E-state index contributed by atoms with van der Waals surface area (Å²) in [5, 5.41) is 7.60. The van der Waals surface area contributed by atoms with E-state index < -0.39 is 0 Å². The average Bonchev–Trinajstić information content (AvgIpc) is 3.40. The fourth-order valence-electron chi connectivity index (χ4n) is 3.36. The van der Waals surface area contributed by atoms with E-state index in [9.17, 15) is 4.79 Å². The summed E-state index contributed by atoms with van der Waals surface area (Å²) in [5.41, 5.74) is 2.44. The second-order valence-corrected chi connectivity index (χ2v) is 7.34. The van der Waals surface area contributed by atoms with Crippen molar-refractivity contribution < 1.29 is 14.1 Å². The molecule has 1 unspecified atom stereocenters. The zero-order valence-electron chi connectivity index (χ0n) is 16.2. The van der Waals surface area contributed by atoms with Gasteiger partial charge in [0.2, 0.25) is 11.7 Å². The molecule has 2 amide bonds. The van der Waals surface area contributed by atoms with E-state index >= 15 is 0 Å². The van der Waals surface area contributed by atoms with E-state index in [4.69, 9.17) is 20.9 Å². The monoisotopic (exact) mass is 412 g/mol. The van der Waals surface area contributed by atoms with Crippen LogP contribution in [0, 0.1) is 6.92 Å². The van der Waals surface area contributed by atoms with Gasteiger partial charge in [-0.05, 0) is 61.7 Å². The molecule has 150 valence electrons. The molecule has 3 aromatic rings. The summed E-state index contributed by atoms with van der Waals surface area (Å²) < 4.78 is 10.7. The van der Waals surface area contributed by atoms with Gasteiger partial charge in [-0.15, -0.1) is 0 Å². The van der Waals surface area contributed by atoms with E-state index in [1.807, 2.05) is 43.3 Å². The number of nitrogens with one attached hydrogen (secondary N) is 1. The SMILES string of the molecule is COc1ccc(-c2noc(C3CCCN3C(=O)Nc3ccc(C)c(Cl)c3)n2)cc1. The van der Waals surface area contributed by atoms with Crippen molar-refractivity contribution in [2.24, 2.45) is 0 Å². The molecule has 2 aromatic carbocycles. The summed E-state index contributed by atoms with van der Waals surface area (Å²) in [4.78, 5) is 19.1. The number of aryl methyl sites for hydroxylation is 1. The summed E-state index contributed by atoms with van der Waals surface area (Å²) >= 11 is 6.16. The number of rotatable bonds is 4. The molecule has 29 heavy (non-hydrogen) atoms. The largest absolute Gasteiger partial charge is 0.497 e. The van der Waals surface area contributed by atoms with Crippen LogP contribution in [-0.2, 0) is 0 Å². The Morgan fingerprint density at radius 1 is 1.28 bits per heavy atom. The number of carbonyl (C=O) groups excluding carboxylic acids is 1. The zero-order valence-corrected chi connectivity index (χ0v) is 16.9. The summed E-state index contributed by atoms with van der Waals surface area (Å²) in [7, 11) is 1.62. The Hall–Kier alpha value is -3.06. The van der Waals surface area contributed by atoms with Gasteiger partial charge in [0.15, 0.2) is 0 Å². The molecule has 2 heterocycles. The molecule has 7 nitrogen and oxygen atoms in total. The molecular weight excluding hydrogens is 392 g/mol. The van der Waals surface area contributed by atoms with Crippen LogP contribution in [0.15, 0.2) is 47.0 Å². The number of aromatic nitrogens is 2. The maximum Gasteiger partial charge on any atom is 0.322 e. The topological polar surface area (TPSA) is 80.5 Å². The maximum absolute atomic E-state index is 12.8. The Morgan fingerprint density at radius 2 is 2.07 bits per heavy atom. The molecule has 0 saturated carbocycles. The Kier molecular flexibility index (Phi) is 5.40. The lowest BCUT2D eigenvalue weighted by Crippen LogP contribution is -2.34. The van der Waals surface area contributed by atoms with Crippen LogP contribution in [0.25, 0.3) is 11.4 Å². The fourth-order valence-corrected chi connectivity index (χ4v) is 3.54. The predicted molar refractivity (Wildman–Crippen MR) is 110 cm³/mol. The smallest absolute Gasteiger partial charge is 0.322 e. The lowest BCUT2D eigenvalue weighted by molar-refractivity contribution is 0.193. The van der Waals surface area contributed by atoms with Crippen LogP contribution in [0.3, 0.4) is 0 Å². The average molecular weight is 413 g/mol. The van der Waals surface area contributed by atoms with Gasteiger partial charge in [-0.3, -0.25) is 0 Å². The predicted octanol–water partition coefficient (Wildman–Crippen LogP) is 5.08. The quantitative estimate of drug-likeness (QED) is 0.646. The second kappa shape index (κ2) is 8.13. The number of hydrogen-bond donors (Lipinski definition) is 1. The van der Waals surface area contributed by atoms with Crippen LogP contribution >= 0.6 is 11.6 Å². The number of hydrogen-bond acceptors (Lipinski definition) is 5. The highest BCUT2D eigenvalue weighted by molar-refractivity contribution is 6.31. The Balaban J connectivity index is 1.49. The first-order valence-corrected chi connectivity index (χ1v) is 9.75. The molecule has 1 atom stereocenters. The number of ether oxygens (including phenoxy) is 1. The van der Waals surface area contributed by atoms with Crippen LogP contribution in [0.5, 0.6) is 5.75 Å². The van der Waals surface area contributed by atoms with Crippen LogP contribution < -0.4 is 10.1 Å². The molecule has 4 rings (SSSR count). The molecule has 0 bridgehead atoms. The number of methoxy groups -OCH3 is 1. The first kappa shape index (κ1) is 19.3. The van der Waals surface area contributed by atoms with Crippen molar-refractivity contribution in [1.82, 2.24) is 15.0 Å². The Morgan fingerprint density at radius 3 is 2.79 bits per heavy atom. The minimum absolute atomic E-state index is 0.211. The van der Waals surface area contributed by atoms with Gasteiger partial charge in [-0.2, -0.15) is 4.98 Å². The van der Waals surface area contributed by atoms with E-state index in [1.54, 1.807) is 18.1 Å².